The van der Waals surface area contributed by atoms with Crippen LogP contribution in [0.1, 0.15) is 12.5 Å². The van der Waals surface area contributed by atoms with Gasteiger partial charge in [-0.3, -0.25) is 4.79 Å². The lowest BCUT2D eigenvalue weighted by Gasteiger charge is -2.29. The van der Waals surface area contributed by atoms with Crippen molar-refractivity contribution in [3.8, 4) is 5.75 Å². The summed E-state index contributed by atoms with van der Waals surface area (Å²) in [5.74, 6) is 1.15. The second kappa shape index (κ2) is 6.57. The standard InChI is InChI=1S/C15H22N2O2/c1-12(15(18)17-9-7-16-8-10-17)11-13-3-5-14(19-2)6-4-13/h3-6,12,16H,7-11H2,1-2H3. The number of rotatable bonds is 4. The van der Waals surface area contributed by atoms with Crippen LogP contribution in [0.2, 0.25) is 0 Å². The quantitative estimate of drug-likeness (QED) is 0.889. The summed E-state index contributed by atoms with van der Waals surface area (Å²) in [6.07, 6.45) is 0.784. The lowest BCUT2D eigenvalue weighted by atomic mass is 9.99. The van der Waals surface area contributed by atoms with Crippen LogP contribution < -0.4 is 10.1 Å². The molecule has 0 aliphatic carbocycles. The summed E-state index contributed by atoms with van der Waals surface area (Å²) in [4.78, 5) is 14.3. The maximum absolute atomic E-state index is 12.3. The fraction of sp³-hybridized carbons (Fsp3) is 0.533. The smallest absolute Gasteiger partial charge is 0.225 e. The molecule has 1 unspecified atom stereocenters. The van der Waals surface area contributed by atoms with Gasteiger partial charge in [0, 0.05) is 32.1 Å². The molecule has 4 nitrogen and oxygen atoms in total. The number of ether oxygens (including phenoxy) is 1. The largest absolute Gasteiger partial charge is 0.497 e. The molecule has 1 fully saturated rings. The van der Waals surface area contributed by atoms with Gasteiger partial charge in [0.2, 0.25) is 5.91 Å². The van der Waals surface area contributed by atoms with Gasteiger partial charge in [0.05, 0.1) is 7.11 Å². The molecule has 104 valence electrons. The predicted molar refractivity (Wildman–Crippen MR) is 75.3 cm³/mol. The highest BCUT2D eigenvalue weighted by molar-refractivity contribution is 5.79. The first-order chi connectivity index (χ1) is 9.20. The van der Waals surface area contributed by atoms with Gasteiger partial charge in [0.1, 0.15) is 5.75 Å². The monoisotopic (exact) mass is 262 g/mol. The van der Waals surface area contributed by atoms with E-state index in [1.54, 1.807) is 7.11 Å². The number of nitrogens with zero attached hydrogens (tertiary/aromatic N) is 1. The molecule has 1 saturated heterocycles. The Hall–Kier alpha value is -1.55. The first-order valence-electron chi connectivity index (χ1n) is 6.83. The Morgan fingerprint density at radius 3 is 2.53 bits per heavy atom. The van der Waals surface area contributed by atoms with Crippen molar-refractivity contribution >= 4 is 5.91 Å². The molecule has 1 amide bonds. The average Bonchev–Trinajstić information content (AvgIpc) is 2.48. The van der Waals surface area contributed by atoms with Crippen molar-refractivity contribution in [2.75, 3.05) is 33.3 Å². The second-order valence-corrected chi connectivity index (χ2v) is 5.03. The molecule has 1 N–H and O–H groups in total. The third kappa shape index (κ3) is 3.70. The molecule has 1 aliphatic rings. The Morgan fingerprint density at radius 1 is 1.32 bits per heavy atom. The van der Waals surface area contributed by atoms with Crippen LogP contribution >= 0.6 is 0 Å². The Kier molecular flexibility index (Phi) is 4.80. The van der Waals surface area contributed by atoms with E-state index in [4.69, 9.17) is 4.74 Å². The van der Waals surface area contributed by atoms with Crippen LogP contribution in [0.25, 0.3) is 0 Å². The van der Waals surface area contributed by atoms with Crippen LogP contribution in [-0.2, 0) is 11.2 Å². The molecular formula is C15H22N2O2. The predicted octanol–water partition coefficient (Wildman–Crippen LogP) is 1.31. The number of carbonyl (C=O) groups excluding carboxylic acids is 1. The van der Waals surface area contributed by atoms with Crippen LogP contribution in [0.15, 0.2) is 24.3 Å². The maximum Gasteiger partial charge on any atom is 0.225 e. The SMILES string of the molecule is COc1ccc(CC(C)C(=O)N2CCNCC2)cc1. The lowest BCUT2D eigenvalue weighted by molar-refractivity contribution is -0.135. The van der Waals surface area contributed by atoms with Gasteiger partial charge in [-0.05, 0) is 24.1 Å². The molecule has 1 aromatic carbocycles. The van der Waals surface area contributed by atoms with Gasteiger partial charge in [-0.25, -0.2) is 0 Å². The first-order valence-corrected chi connectivity index (χ1v) is 6.83. The first kappa shape index (κ1) is 13.9. The van der Waals surface area contributed by atoms with E-state index in [0.717, 1.165) is 38.3 Å². The summed E-state index contributed by atoms with van der Waals surface area (Å²) in [5, 5.41) is 3.26. The molecular weight excluding hydrogens is 240 g/mol. The summed E-state index contributed by atoms with van der Waals surface area (Å²) in [5.41, 5.74) is 1.18. The molecule has 0 bridgehead atoms. The van der Waals surface area contributed by atoms with E-state index in [2.05, 4.69) is 5.32 Å². The van der Waals surface area contributed by atoms with Gasteiger partial charge in [-0.2, -0.15) is 0 Å². The molecule has 1 aromatic rings. The van der Waals surface area contributed by atoms with E-state index < -0.39 is 0 Å². The number of hydrogen-bond donors (Lipinski definition) is 1. The molecule has 1 aliphatic heterocycles. The lowest BCUT2D eigenvalue weighted by Crippen LogP contribution is -2.48. The van der Waals surface area contributed by atoms with Gasteiger partial charge in [-0.15, -0.1) is 0 Å². The summed E-state index contributed by atoms with van der Waals surface area (Å²) >= 11 is 0. The third-order valence-electron chi connectivity index (χ3n) is 3.55. The van der Waals surface area contributed by atoms with Crippen molar-refractivity contribution in [1.82, 2.24) is 10.2 Å². The van der Waals surface area contributed by atoms with Gasteiger partial charge in [-0.1, -0.05) is 19.1 Å². The fourth-order valence-corrected chi connectivity index (χ4v) is 2.40. The van der Waals surface area contributed by atoms with Crippen LogP contribution in [-0.4, -0.2) is 44.1 Å². The zero-order chi connectivity index (χ0) is 13.7. The van der Waals surface area contributed by atoms with Crippen molar-refractivity contribution in [2.45, 2.75) is 13.3 Å². The van der Waals surface area contributed by atoms with Gasteiger partial charge in [0.15, 0.2) is 0 Å². The zero-order valence-corrected chi connectivity index (χ0v) is 11.7. The van der Waals surface area contributed by atoms with Crippen LogP contribution in [0.4, 0.5) is 0 Å². The minimum atomic E-state index is 0.0338. The zero-order valence-electron chi connectivity index (χ0n) is 11.7. The van der Waals surface area contributed by atoms with E-state index in [9.17, 15) is 4.79 Å². The van der Waals surface area contributed by atoms with Crippen LogP contribution in [0.3, 0.4) is 0 Å². The third-order valence-corrected chi connectivity index (χ3v) is 3.55. The van der Waals surface area contributed by atoms with Gasteiger partial charge in [0.25, 0.3) is 0 Å². The Balaban J connectivity index is 1.91. The van der Waals surface area contributed by atoms with Gasteiger partial charge < -0.3 is 15.0 Å². The molecule has 0 spiro atoms. The van der Waals surface area contributed by atoms with Gasteiger partial charge >= 0.3 is 0 Å². The van der Waals surface area contributed by atoms with E-state index in [-0.39, 0.29) is 11.8 Å². The number of hydrogen-bond acceptors (Lipinski definition) is 3. The molecule has 4 heteroatoms. The molecule has 1 heterocycles. The van der Waals surface area contributed by atoms with Crippen molar-refractivity contribution in [3.05, 3.63) is 29.8 Å². The number of piperazine rings is 1. The summed E-state index contributed by atoms with van der Waals surface area (Å²) < 4.78 is 5.13. The van der Waals surface area contributed by atoms with E-state index in [1.807, 2.05) is 36.1 Å². The normalized spacial score (nSPS) is 17.1. The molecule has 1 atom stereocenters. The number of amides is 1. The van der Waals surface area contributed by atoms with Crippen LogP contribution in [0, 0.1) is 5.92 Å². The summed E-state index contributed by atoms with van der Waals surface area (Å²) in [7, 11) is 1.66. The minimum absolute atomic E-state index is 0.0338. The highest BCUT2D eigenvalue weighted by Crippen LogP contribution is 2.16. The maximum atomic E-state index is 12.3. The molecule has 0 saturated carbocycles. The summed E-state index contributed by atoms with van der Waals surface area (Å²) in [6, 6.07) is 7.94. The van der Waals surface area contributed by atoms with Crippen molar-refractivity contribution in [2.24, 2.45) is 5.92 Å². The fourth-order valence-electron chi connectivity index (χ4n) is 2.40. The Morgan fingerprint density at radius 2 is 1.95 bits per heavy atom. The molecule has 2 rings (SSSR count). The number of nitrogens with one attached hydrogen (secondary N) is 1. The second-order valence-electron chi connectivity index (χ2n) is 5.03. The van der Waals surface area contributed by atoms with E-state index in [0.29, 0.717) is 0 Å². The average molecular weight is 262 g/mol. The highest BCUT2D eigenvalue weighted by atomic mass is 16.5. The molecule has 0 radical (unpaired) electrons. The molecule has 19 heavy (non-hydrogen) atoms. The van der Waals surface area contributed by atoms with E-state index >= 15 is 0 Å². The molecule has 0 aromatic heterocycles. The number of benzene rings is 1. The van der Waals surface area contributed by atoms with Crippen LogP contribution in [0.5, 0.6) is 5.75 Å². The topological polar surface area (TPSA) is 41.6 Å². The Bertz CT molecular complexity index is 411. The minimum Gasteiger partial charge on any atom is -0.497 e. The van der Waals surface area contributed by atoms with E-state index in [1.165, 1.54) is 5.56 Å². The summed E-state index contributed by atoms with van der Waals surface area (Å²) in [6.45, 7) is 5.47. The number of carbonyl (C=O) groups is 1. The van der Waals surface area contributed by atoms with Crippen molar-refractivity contribution in [1.29, 1.82) is 0 Å². The van der Waals surface area contributed by atoms with Crippen molar-refractivity contribution in [3.63, 3.8) is 0 Å². The number of methoxy groups -OCH3 is 1. The van der Waals surface area contributed by atoms with Crippen molar-refractivity contribution < 1.29 is 9.53 Å². The Labute approximate surface area is 114 Å². The highest BCUT2D eigenvalue weighted by Gasteiger charge is 2.21.